The number of aliphatic carboxylic acids is 1. The van der Waals surface area contributed by atoms with Crippen LogP contribution in [0.5, 0.6) is 0 Å². The second kappa shape index (κ2) is 4.15. The van der Waals surface area contributed by atoms with Crippen LogP contribution in [0.1, 0.15) is 19.8 Å². The second-order valence-electron chi connectivity index (χ2n) is 5.07. The molecule has 0 atom stereocenters. The lowest BCUT2D eigenvalue weighted by molar-refractivity contribution is -0.149. The van der Waals surface area contributed by atoms with Crippen LogP contribution in [0.2, 0.25) is 0 Å². The zero-order chi connectivity index (χ0) is 13.5. The summed E-state index contributed by atoms with van der Waals surface area (Å²) in [5.41, 5.74) is -0.0359. The smallest absolute Gasteiger partial charge is 0.309 e. The summed E-state index contributed by atoms with van der Waals surface area (Å²) in [6, 6.07) is 3.66. The van der Waals surface area contributed by atoms with Crippen LogP contribution < -0.4 is 4.90 Å². The molecule has 100 valence electrons. The molecule has 3 heterocycles. The van der Waals surface area contributed by atoms with E-state index in [-0.39, 0.29) is 0 Å². The molecule has 1 N–H and O–H groups in total. The van der Waals surface area contributed by atoms with E-state index in [9.17, 15) is 9.90 Å². The largest absolute Gasteiger partial charge is 0.481 e. The minimum absolute atomic E-state index is 0.594. The Morgan fingerprint density at radius 1 is 1.37 bits per heavy atom. The number of fused-ring (bicyclic) bond motifs is 1. The quantitative estimate of drug-likeness (QED) is 0.826. The first-order valence-corrected chi connectivity index (χ1v) is 6.12. The number of nitrogens with zero attached hydrogens (tertiary/aromatic N) is 6. The van der Waals surface area contributed by atoms with Crippen LogP contribution in [0, 0.1) is 5.41 Å². The molecular weight excluding hydrogens is 248 g/mol. The third kappa shape index (κ3) is 1.98. The van der Waals surface area contributed by atoms with Gasteiger partial charge in [-0.1, -0.05) is 0 Å². The molecule has 1 aliphatic rings. The molecule has 0 unspecified atom stereocenters. The molecule has 1 fully saturated rings. The first-order chi connectivity index (χ1) is 9.08. The number of hydrogen-bond acceptors (Lipinski definition) is 6. The number of carboxylic acids is 1. The molecule has 1 aliphatic heterocycles. The van der Waals surface area contributed by atoms with Gasteiger partial charge in [-0.2, -0.15) is 0 Å². The van der Waals surface area contributed by atoms with Crippen molar-refractivity contribution >= 4 is 17.4 Å². The Morgan fingerprint density at radius 3 is 2.79 bits per heavy atom. The van der Waals surface area contributed by atoms with E-state index in [1.54, 1.807) is 13.0 Å². The molecule has 19 heavy (non-hydrogen) atoms. The number of tetrazole rings is 1. The van der Waals surface area contributed by atoms with Gasteiger partial charge >= 0.3 is 5.97 Å². The van der Waals surface area contributed by atoms with Crippen LogP contribution in [-0.2, 0) is 4.79 Å². The van der Waals surface area contributed by atoms with E-state index in [2.05, 4.69) is 25.5 Å². The molecular formula is C11H14N6O2. The number of anilines is 1. The van der Waals surface area contributed by atoms with Crippen LogP contribution >= 0.6 is 0 Å². The average molecular weight is 262 g/mol. The van der Waals surface area contributed by atoms with Gasteiger partial charge in [0.25, 0.3) is 0 Å². The number of piperidine rings is 1. The fourth-order valence-corrected chi connectivity index (χ4v) is 2.25. The van der Waals surface area contributed by atoms with E-state index < -0.39 is 11.4 Å². The lowest BCUT2D eigenvalue weighted by atomic mass is 9.80. The van der Waals surface area contributed by atoms with Crippen LogP contribution in [0.15, 0.2) is 12.1 Å². The van der Waals surface area contributed by atoms with E-state index in [0.29, 0.717) is 31.6 Å². The van der Waals surface area contributed by atoms with E-state index in [4.69, 9.17) is 0 Å². The molecule has 3 rings (SSSR count). The van der Waals surface area contributed by atoms with Crippen LogP contribution in [0.25, 0.3) is 5.65 Å². The first-order valence-electron chi connectivity index (χ1n) is 6.12. The van der Waals surface area contributed by atoms with Gasteiger partial charge < -0.3 is 10.0 Å². The highest BCUT2D eigenvalue weighted by molar-refractivity contribution is 5.74. The number of aromatic nitrogens is 5. The van der Waals surface area contributed by atoms with Gasteiger partial charge in [0.2, 0.25) is 0 Å². The molecule has 0 aliphatic carbocycles. The van der Waals surface area contributed by atoms with Gasteiger partial charge in [0, 0.05) is 13.1 Å². The Kier molecular flexibility index (Phi) is 2.58. The van der Waals surface area contributed by atoms with Crippen molar-refractivity contribution in [2.24, 2.45) is 5.41 Å². The first kappa shape index (κ1) is 11.8. The SMILES string of the molecule is CC1(C(=O)O)CCN(c2ccc3nnnn3n2)CC1. The summed E-state index contributed by atoms with van der Waals surface area (Å²) in [7, 11) is 0. The standard InChI is InChI=1S/C11H14N6O2/c1-11(10(18)19)4-6-16(7-5-11)9-3-2-8-12-14-15-17(8)13-9/h2-3H,4-7H2,1H3,(H,18,19). The van der Waals surface area contributed by atoms with Crippen molar-refractivity contribution in [3.8, 4) is 0 Å². The minimum atomic E-state index is -0.726. The molecule has 0 aromatic carbocycles. The molecule has 2 aromatic rings. The third-order valence-corrected chi connectivity index (χ3v) is 3.76. The van der Waals surface area contributed by atoms with Crippen molar-refractivity contribution in [1.29, 1.82) is 0 Å². The summed E-state index contributed by atoms with van der Waals surface area (Å²) in [6.07, 6.45) is 1.22. The summed E-state index contributed by atoms with van der Waals surface area (Å²) < 4.78 is 1.38. The van der Waals surface area contributed by atoms with Crippen molar-refractivity contribution in [3.05, 3.63) is 12.1 Å². The monoisotopic (exact) mass is 262 g/mol. The zero-order valence-electron chi connectivity index (χ0n) is 10.5. The van der Waals surface area contributed by atoms with Gasteiger partial charge in [-0.15, -0.1) is 14.8 Å². The molecule has 0 bridgehead atoms. The molecule has 1 saturated heterocycles. The van der Waals surface area contributed by atoms with E-state index in [1.807, 2.05) is 6.07 Å². The molecule has 0 saturated carbocycles. The van der Waals surface area contributed by atoms with Crippen molar-refractivity contribution in [1.82, 2.24) is 25.3 Å². The topological polar surface area (TPSA) is 96.5 Å². The van der Waals surface area contributed by atoms with Crippen molar-refractivity contribution in [2.75, 3.05) is 18.0 Å². The maximum absolute atomic E-state index is 11.2. The molecule has 2 aromatic heterocycles. The third-order valence-electron chi connectivity index (χ3n) is 3.76. The van der Waals surface area contributed by atoms with E-state index >= 15 is 0 Å². The van der Waals surface area contributed by atoms with Crippen molar-refractivity contribution in [2.45, 2.75) is 19.8 Å². The molecule has 0 radical (unpaired) electrons. The number of carbonyl (C=O) groups is 1. The summed E-state index contributed by atoms with van der Waals surface area (Å²) in [6.45, 7) is 3.14. The number of rotatable bonds is 2. The maximum Gasteiger partial charge on any atom is 0.309 e. The summed E-state index contributed by atoms with van der Waals surface area (Å²) in [5.74, 6) is 0.0447. The van der Waals surface area contributed by atoms with E-state index in [1.165, 1.54) is 4.63 Å². The number of carboxylic acid groups (broad SMARTS) is 1. The molecule has 8 nitrogen and oxygen atoms in total. The van der Waals surface area contributed by atoms with Crippen molar-refractivity contribution in [3.63, 3.8) is 0 Å². The lowest BCUT2D eigenvalue weighted by Gasteiger charge is -2.36. The predicted molar refractivity (Wildman–Crippen MR) is 65.8 cm³/mol. The highest BCUT2D eigenvalue weighted by Gasteiger charge is 2.37. The highest BCUT2D eigenvalue weighted by atomic mass is 16.4. The van der Waals surface area contributed by atoms with Gasteiger partial charge in [0.15, 0.2) is 11.5 Å². The summed E-state index contributed by atoms with van der Waals surface area (Å²) in [5, 5.41) is 24.6. The average Bonchev–Trinajstić information content (AvgIpc) is 2.86. The normalized spacial score (nSPS) is 18.7. The highest BCUT2D eigenvalue weighted by Crippen LogP contribution is 2.32. The van der Waals surface area contributed by atoms with Gasteiger partial charge in [0.1, 0.15) is 0 Å². The molecule has 0 spiro atoms. The van der Waals surface area contributed by atoms with Crippen LogP contribution in [0.3, 0.4) is 0 Å². The number of hydrogen-bond donors (Lipinski definition) is 1. The molecule has 0 amide bonds. The van der Waals surface area contributed by atoms with Crippen LogP contribution in [-0.4, -0.2) is 49.4 Å². The fraction of sp³-hybridized carbons (Fsp3) is 0.545. The summed E-state index contributed by atoms with van der Waals surface area (Å²) >= 11 is 0. The van der Waals surface area contributed by atoms with Gasteiger partial charge in [-0.05, 0) is 42.3 Å². The fourth-order valence-electron chi connectivity index (χ4n) is 2.25. The van der Waals surface area contributed by atoms with Gasteiger partial charge in [0.05, 0.1) is 5.41 Å². The lowest BCUT2D eigenvalue weighted by Crippen LogP contribution is -2.43. The van der Waals surface area contributed by atoms with Gasteiger partial charge in [-0.3, -0.25) is 4.79 Å². The maximum atomic E-state index is 11.2. The Bertz CT molecular complexity index is 616. The second-order valence-corrected chi connectivity index (χ2v) is 5.07. The van der Waals surface area contributed by atoms with Gasteiger partial charge in [-0.25, -0.2) is 0 Å². The predicted octanol–water partition coefficient (Wildman–Crippen LogP) is 0.210. The molecule has 8 heteroatoms. The zero-order valence-corrected chi connectivity index (χ0v) is 10.5. The Morgan fingerprint density at radius 2 is 2.11 bits per heavy atom. The Hall–Kier alpha value is -2.25. The van der Waals surface area contributed by atoms with Crippen LogP contribution in [0.4, 0.5) is 5.82 Å². The Balaban J connectivity index is 1.79. The summed E-state index contributed by atoms with van der Waals surface area (Å²) in [4.78, 5) is 13.3. The van der Waals surface area contributed by atoms with Crippen molar-refractivity contribution < 1.29 is 9.90 Å². The van der Waals surface area contributed by atoms with E-state index in [0.717, 1.165) is 5.82 Å². The Labute approximate surface area is 109 Å². The minimum Gasteiger partial charge on any atom is -0.481 e.